The van der Waals surface area contributed by atoms with Crippen LogP contribution in [0.25, 0.3) is 6.08 Å². The average molecular weight is 436 g/mol. The number of hydrogen-bond acceptors (Lipinski definition) is 4. The zero-order chi connectivity index (χ0) is 23.3. The third-order valence-electron chi connectivity index (χ3n) is 5.92. The summed E-state index contributed by atoms with van der Waals surface area (Å²) < 4.78 is 10.9. The van der Waals surface area contributed by atoms with Gasteiger partial charge in [-0.2, -0.15) is 0 Å². The average Bonchev–Trinajstić information content (AvgIpc) is 2.73. The number of allylic oxidation sites excluding steroid dienone is 1. The van der Waals surface area contributed by atoms with E-state index in [1.165, 1.54) is 11.1 Å². The van der Waals surface area contributed by atoms with Gasteiger partial charge in [0.25, 0.3) is 0 Å². The van der Waals surface area contributed by atoms with E-state index in [1.54, 1.807) is 7.11 Å². The molecule has 4 heteroatoms. The number of ether oxygens (including phenoxy) is 2. The first kappa shape index (κ1) is 24.1. The first-order valence-electron chi connectivity index (χ1n) is 11.5. The lowest BCUT2D eigenvalue weighted by molar-refractivity contribution is 0.00695. The second-order valence-electron chi connectivity index (χ2n) is 10.1. The lowest BCUT2D eigenvalue weighted by Gasteiger charge is -2.35. The van der Waals surface area contributed by atoms with E-state index in [0.29, 0.717) is 17.4 Å². The summed E-state index contributed by atoms with van der Waals surface area (Å²) in [6, 6.07) is 16.3. The fraction of sp³-hybridized carbons (Fsp3) is 0.464. The Labute approximate surface area is 193 Å². The molecule has 0 saturated heterocycles. The van der Waals surface area contributed by atoms with Gasteiger partial charge in [-0.1, -0.05) is 35.9 Å². The van der Waals surface area contributed by atoms with Crippen molar-refractivity contribution in [2.24, 2.45) is 5.92 Å². The zero-order valence-corrected chi connectivity index (χ0v) is 20.4. The van der Waals surface area contributed by atoms with Crippen LogP contribution in [0.4, 0.5) is 0 Å². The lowest BCUT2D eigenvalue weighted by Crippen LogP contribution is -2.29. The van der Waals surface area contributed by atoms with E-state index in [4.69, 9.17) is 9.47 Å². The van der Waals surface area contributed by atoms with Crippen molar-refractivity contribution in [3.63, 3.8) is 0 Å². The Hall–Kier alpha value is -2.59. The Balaban J connectivity index is 1.82. The Kier molecular flexibility index (Phi) is 7.78. The minimum atomic E-state index is -0.498. The second kappa shape index (κ2) is 10.4. The van der Waals surface area contributed by atoms with Gasteiger partial charge in [0, 0.05) is 6.54 Å². The molecule has 0 N–H and O–H groups in total. The predicted octanol–water partition coefficient (Wildman–Crippen LogP) is 6.18. The van der Waals surface area contributed by atoms with Crippen molar-refractivity contribution in [1.29, 1.82) is 0 Å². The van der Waals surface area contributed by atoms with Crippen molar-refractivity contribution in [3.8, 4) is 5.75 Å². The SMILES string of the molecule is COc1ccc(C2CC(=Cc3cccc(C(=O)OC(C)(C)C)c3)CCC2CN(C)C)cc1. The van der Waals surface area contributed by atoms with Crippen LogP contribution in [0.1, 0.15) is 67.4 Å². The fourth-order valence-electron chi connectivity index (χ4n) is 4.51. The molecular weight excluding hydrogens is 398 g/mol. The van der Waals surface area contributed by atoms with Crippen molar-refractivity contribution < 1.29 is 14.3 Å². The molecule has 4 nitrogen and oxygen atoms in total. The lowest BCUT2D eigenvalue weighted by atomic mass is 9.73. The molecule has 2 atom stereocenters. The first-order chi connectivity index (χ1) is 15.1. The van der Waals surface area contributed by atoms with Crippen LogP contribution in [-0.2, 0) is 4.74 Å². The summed E-state index contributed by atoms with van der Waals surface area (Å²) in [5, 5.41) is 0. The number of benzene rings is 2. The summed E-state index contributed by atoms with van der Waals surface area (Å²) in [5.74, 6) is 1.70. The van der Waals surface area contributed by atoms with Crippen molar-refractivity contribution in [2.75, 3.05) is 27.7 Å². The van der Waals surface area contributed by atoms with Crippen molar-refractivity contribution >= 4 is 12.0 Å². The van der Waals surface area contributed by atoms with E-state index in [0.717, 1.165) is 37.1 Å². The van der Waals surface area contributed by atoms with Crippen LogP contribution in [-0.4, -0.2) is 44.2 Å². The summed E-state index contributed by atoms with van der Waals surface area (Å²) in [7, 11) is 6.01. The third kappa shape index (κ3) is 6.70. The summed E-state index contributed by atoms with van der Waals surface area (Å²) in [6.45, 7) is 6.75. The van der Waals surface area contributed by atoms with Gasteiger partial charge in [0.15, 0.2) is 0 Å². The standard InChI is InChI=1S/C28H37NO3/c1-28(2,3)32-27(30)23-9-7-8-20(17-23)16-21-10-11-24(19-29(4)5)26(18-21)22-12-14-25(31-6)15-13-22/h7-9,12-17,24,26H,10-11,18-19H2,1-6H3. The van der Waals surface area contributed by atoms with Gasteiger partial charge < -0.3 is 14.4 Å². The van der Waals surface area contributed by atoms with E-state index in [1.807, 2.05) is 39.0 Å². The van der Waals surface area contributed by atoms with Crippen LogP contribution in [0, 0.1) is 5.92 Å². The smallest absolute Gasteiger partial charge is 0.338 e. The highest BCUT2D eigenvalue weighted by atomic mass is 16.6. The van der Waals surface area contributed by atoms with Gasteiger partial charge >= 0.3 is 5.97 Å². The molecular formula is C28H37NO3. The monoisotopic (exact) mass is 435 g/mol. The number of nitrogens with zero attached hydrogens (tertiary/aromatic N) is 1. The largest absolute Gasteiger partial charge is 0.497 e. The molecule has 2 aromatic rings. The van der Waals surface area contributed by atoms with Gasteiger partial charge in [0.1, 0.15) is 11.4 Å². The third-order valence-corrected chi connectivity index (χ3v) is 5.92. The highest BCUT2D eigenvalue weighted by Crippen LogP contribution is 2.41. The molecule has 1 saturated carbocycles. The van der Waals surface area contributed by atoms with Gasteiger partial charge in [-0.15, -0.1) is 0 Å². The van der Waals surface area contributed by atoms with Gasteiger partial charge in [-0.3, -0.25) is 0 Å². The molecule has 172 valence electrons. The Bertz CT molecular complexity index is 938. The Morgan fingerprint density at radius 1 is 1.12 bits per heavy atom. The molecule has 0 aromatic heterocycles. The van der Waals surface area contributed by atoms with Crippen LogP contribution in [0.2, 0.25) is 0 Å². The quantitative estimate of drug-likeness (QED) is 0.508. The second-order valence-corrected chi connectivity index (χ2v) is 10.1. The van der Waals surface area contributed by atoms with Gasteiger partial charge in [-0.25, -0.2) is 4.79 Å². The molecule has 0 spiro atoms. The van der Waals surface area contributed by atoms with Gasteiger partial charge in [0.2, 0.25) is 0 Å². The zero-order valence-electron chi connectivity index (χ0n) is 20.4. The summed E-state index contributed by atoms with van der Waals surface area (Å²) in [6.07, 6.45) is 5.53. The maximum atomic E-state index is 12.5. The number of carbonyl (C=O) groups is 1. The van der Waals surface area contributed by atoms with Gasteiger partial charge in [0.05, 0.1) is 12.7 Å². The molecule has 2 unspecified atom stereocenters. The molecule has 3 rings (SSSR count). The summed E-state index contributed by atoms with van der Waals surface area (Å²) in [4.78, 5) is 14.8. The maximum Gasteiger partial charge on any atom is 0.338 e. The number of rotatable bonds is 6. The molecule has 1 fully saturated rings. The van der Waals surface area contributed by atoms with E-state index in [2.05, 4.69) is 55.4 Å². The Morgan fingerprint density at radius 3 is 2.47 bits per heavy atom. The number of methoxy groups -OCH3 is 1. The molecule has 1 aliphatic carbocycles. The molecule has 1 aliphatic rings. The topological polar surface area (TPSA) is 38.8 Å². The van der Waals surface area contributed by atoms with E-state index in [-0.39, 0.29) is 5.97 Å². The fourth-order valence-corrected chi connectivity index (χ4v) is 4.51. The van der Waals surface area contributed by atoms with Crippen LogP contribution < -0.4 is 4.74 Å². The number of hydrogen-bond donors (Lipinski definition) is 0. The Morgan fingerprint density at radius 2 is 1.84 bits per heavy atom. The molecule has 0 amide bonds. The molecule has 0 aliphatic heterocycles. The van der Waals surface area contributed by atoms with Crippen molar-refractivity contribution in [1.82, 2.24) is 4.90 Å². The maximum absolute atomic E-state index is 12.5. The van der Waals surface area contributed by atoms with E-state index < -0.39 is 5.60 Å². The minimum absolute atomic E-state index is 0.274. The molecule has 32 heavy (non-hydrogen) atoms. The van der Waals surface area contributed by atoms with Crippen molar-refractivity contribution in [2.45, 2.75) is 51.6 Å². The van der Waals surface area contributed by atoms with E-state index in [9.17, 15) is 4.79 Å². The highest BCUT2D eigenvalue weighted by Gasteiger charge is 2.29. The predicted molar refractivity (Wildman–Crippen MR) is 131 cm³/mol. The number of carbonyl (C=O) groups excluding carboxylic acids is 1. The van der Waals surface area contributed by atoms with Crippen LogP contribution in [0.3, 0.4) is 0 Å². The molecule has 0 heterocycles. The normalized spacial score (nSPS) is 20.4. The van der Waals surface area contributed by atoms with Crippen LogP contribution in [0.15, 0.2) is 54.1 Å². The molecule has 0 bridgehead atoms. The molecule has 2 aromatic carbocycles. The minimum Gasteiger partial charge on any atom is -0.497 e. The first-order valence-corrected chi connectivity index (χ1v) is 11.5. The van der Waals surface area contributed by atoms with Crippen molar-refractivity contribution in [3.05, 3.63) is 70.8 Å². The van der Waals surface area contributed by atoms with Crippen LogP contribution >= 0.6 is 0 Å². The van der Waals surface area contributed by atoms with Gasteiger partial charge in [-0.05, 0) is 101 Å². The summed E-state index contributed by atoms with van der Waals surface area (Å²) in [5.41, 5.74) is 3.96. The highest BCUT2D eigenvalue weighted by molar-refractivity contribution is 5.90. The molecule has 0 radical (unpaired) electrons. The van der Waals surface area contributed by atoms with E-state index >= 15 is 0 Å². The summed E-state index contributed by atoms with van der Waals surface area (Å²) >= 11 is 0. The number of esters is 1. The van der Waals surface area contributed by atoms with Crippen LogP contribution in [0.5, 0.6) is 5.75 Å².